The second-order valence-corrected chi connectivity index (χ2v) is 5.18. The number of halogens is 2. The van der Waals surface area contributed by atoms with Gasteiger partial charge in [0.15, 0.2) is 0 Å². The number of aliphatic carboxylic acids is 1. The summed E-state index contributed by atoms with van der Waals surface area (Å²) in [5.74, 6) is -1.86. The van der Waals surface area contributed by atoms with Crippen LogP contribution in [0, 0.1) is 5.92 Å². The summed E-state index contributed by atoms with van der Waals surface area (Å²) in [6.07, 6.45) is 1.78. The van der Waals surface area contributed by atoms with Gasteiger partial charge in [-0.05, 0) is 43.4 Å². The van der Waals surface area contributed by atoms with E-state index in [2.05, 4.69) is 0 Å². The minimum atomic E-state index is -2.23. The normalized spacial score (nSPS) is 20.6. The first-order valence-corrected chi connectivity index (χ1v) is 5.98. The summed E-state index contributed by atoms with van der Waals surface area (Å²) < 4.78 is 14.3. The highest BCUT2D eigenvalue weighted by Gasteiger charge is 2.50. The van der Waals surface area contributed by atoms with Crippen molar-refractivity contribution in [1.82, 2.24) is 0 Å². The van der Waals surface area contributed by atoms with Crippen LogP contribution < -0.4 is 0 Å². The third-order valence-corrected chi connectivity index (χ3v) is 3.58. The number of carboxylic acids is 1. The highest BCUT2D eigenvalue weighted by atomic mass is 35.5. The van der Waals surface area contributed by atoms with Gasteiger partial charge in [-0.1, -0.05) is 23.7 Å². The van der Waals surface area contributed by atoms with Gasteiger partial charge in [-0.2, -0.15) is 0 Å². The molecule has 0 spiro atoms. The first-order valence-electron chi connectivity index (χ1n) is 5.60. The largest absolute Gasteiger partial charge is 0.479 e. The minimum Gasteiger partial charge on any atom is -0.479 e. The van der Waals surface area contributed by atoms with Crippen molar-refractivity contribution in [3.63, 3.8) is 0 Å². The Balaban J connectivity index is 2.35. The van der Waals surface area contributed by atoms with Crippen molar-refractivity contribution in [2.45, 2.75) is 31.4 Å². The molecule has 1 aliphatic carbocycles. The molecule has 2 atom stereocenters. The molecule has 0 heterocycles. The Morgan fingerprint density at radius 2 is 2.00 bits per heavy atom. The zero-order valence-electron chi connectivity index (χ0n) is 9.49. The average Bonchev–Trinajstić information content (AvgIpc) is 3.05. The maximum absolute atomic E-state index is 14.3. The van der Waals surface area contributed by atoms with Gasteiger partial charge in [0, 0.05) is 10.9 Å². The van der Waals surface area contributed by atoms with E-state index in [1.54, 1.807) is 24.3 Å². The van der Waals surface area contributed by atoms with Crippen LogP contribution >= 0.6 is 11.6 Å². The maximum Gasteiger partial charge on any atom is 0.341 e. The fraction of sp³-hybridized carbons (Fsp3) is 0.462. The van der Waals surface area contributed by atoms with Crippen molar-refractivity contribution < 1.29 is 14.3 Å². The van der Waals surface area contributed by atoms with E-state index in [4.69, 9.17) is 16.7 Å². The second kappa shape index (κ2) is 4.30. The van der Waals surface area contributed by atoms with Crippen LogP contribution in [0.2, 0.25) is 5.02 Å². The number of benzene rings is 1. The van der Waals surface area contributed by atoms with Gasteiger partial charge >= 0.3 is 5.97 Å². The Morgan fingerprint density at radius 1 is 1.47 bits per heavy atom. The summed E-state index contributed by atoms with van der Waals surface area (Å²) in [5, 5.41) is 9.57. The Hall–Kier alpha value is -1.09. The molecule has 0 aromatic heterocycles. The molecule has 2 rings (SSSR count). The molecule has 0 amide bonds. The Morgan fingerprint density at radius 3 is 2.41 bits per heavy atom. The van der Waals surface area contributed by atoms with E-state index in [1.165, 1.54) is 0 Å². The molecular weight excluding hydrogens is 243 g/mol. The standard InChI is InChI=1S/C13H14ClFO2/c1-13(15,12(16)17)11(8-2-3-8)9-4-6-10(14)7-5-9/h4-8,11H,2-3H2,1H3,(H,16,17)/t11-,13?/m1/s1. The predicted octanol–water partition coefficient (Wildman–Crippen LogP) is 3.65. The molecule has 1 saturated carbocycles. The quantitative estimate of drug-likeness (QED) is 0.893. The van der Waals surface area contributed by atoms with Gasteiger partial charge in [-0.25, -0.2) is 9.18 Å². The first-order chi connectivity index (χ1) is 7.93. The molecule has 0 radical (unpaired) electrons. The molecule has 1 aliphatic rings. The molecule has 17 heavy (non-hydrogen) atoms. The topological polar surface area (TPSA) is 37.3 Å². The lowest BCUT2D eigenvalue weighted by molar-refractivity contribution is -0.151. The summed E-state index contributed by atoms with van der Waals surface area (Å²) in [6.45, 7) is 1.15. The van der Waals surface area contributed by atoms with Crippen LogP contribution in [0.1, 0.15) is 31.2 Å². The van der Waals surface area contributed by atoms with E-state index < -0.39 is 17.6 Å². The Bertz CT molecular complexity index is 424. The van der Waals surface area contributed by atoms with Crippen molar-refractivity contribution in [1.29, 1.82) is 0 Å². The highest BCUT2D eigenvalue weighted by molar-refractivity contribution is 6.30. The van der Waals surface area contributed by atoms with Crippen LogP contribution in [0.3, 0.4) is 0 Å². The van der Waals surface area contributed by atoms with Crippen molar-refractivity contribution in [2.75, 3.05) is 0 Å². The van der Waals surface area contributed by atoms with Crippen LogP contribution in [-0.4, -0.2) is 16.7 Å². The van der Waals surface area contributed by atoms with E-state index in [0.717, 1.165) is 19.8 Å². The predicted molar refractivity (Wildman–Crippen MR) is 64.1 cm³/mol. The third kappa shape index (κ3) is 2.44. The van der Waals surface area contributed by atoms with Gasteiger partial charge in [-0.3, -0.25) is 0 Å². The van der Waals surface area contributed by atoms with Crippen molar-refractivity contribution in [3.05, 3.63) is 34.9 Å². The second-order valence-electron chi connectivity index (χ2n) is 4.75. The summed E-state index contributed by atoms with van der Waals surface area (Å²) >= 11 is 5.78. The smallest absolute Gasteiger partial charge is 0.341 e. The van der Waals surface area contributed by atoms with Crippen molar-refractivity contribution in [2.24, 2.45) is 5.92 Å². The van der Waals surface area contributed by atoms with Gasteiger partial charge in [0.1, 0.15) is 0 Å². The number of hydrogen-bond acceptors (Lipinski definition) is 1. The van der Waals surface area contributed by atoms with E-state index in [-0.39, 0.29) is 5.92 Å². The van der Waals surface area contributed by atoms with Crippen LogP contribution in [0.4, 0.5) is 4.39 Å². The van der Waals surface area contributed by atoms with Gasteiger partial charge in [0.05, 0.1) is 0 Å². The molecule has 0 bridgehead atoms. The lowest BCUT2D eigenvalue weighted by Gasteiger charge is -2.27. The van der Waals surface area contributed by atoms with Crippen LogP contribution in [0.15, 0.2) is 24.3 Å². The van der Waals surface area contributed by atoms with Gasteiger partial charge in [0.2, 0.25) is 5.67 Å². The molecule has 1 N–H and O–H groups in total. The molecule has 1 aromatic rings. The SMILES string of the molecule is CC(F)(C(=O)O)[C@@H](c1ccc(Cl)cc1)C1CC1. The maximum atomic E-state index is 14.3. The lowest BCUT2D eigenvalue weighted by atomic mass is 9.81. The van der Waals surface area contributed by atoms with Gasteiger partial charge < -0.3 is 5.11 Å². The number of hydrogen-bond donors (Lipinski definition) is 1. The van der Waals surface area contributed by atoms with Crippen molar-refractivity contribution in [3.8, 4) is 0 Å². The van der Waals surface area contributed by atoms with Crippen LogP contribution in [-0.2, 0) is 4.79 Å². The molecule has 0 saturated heterocycles. The fourth-order valence-corrected chi connectivity index (χ4v) is 2.39. The zero-order valence-corrected chi connectivity index (χ0v) is 10.2. The van der Waals surface area contributed by atoms with E-state index in [1.807, 2.05) is 0 Å². The molecule has 1 fully saturated rings. The molecule has 1 unspecified atom stereocenters. The average molecular weight is 257 g/mol. The third-order valence-electron chi connectivity index (χ3n) is 3.32. The van der Waals surface area contributed by atoms with Gasteiger partial charge in [0.25, 0.3) is 0 Å². The Labute approximate surface area is 104 Å². The van der Waals surface area contributed by atoms with Gasteiger partial charge in [-0.15, -0.1) is 0 Å². The number of carboxylic acid groups (broad SMARTS) is 1. The van der Waals surface area contributed by atoms with E-state index in [9.17, 15) is 9.18 Å². The Kier molecular flexibility index (Phi) is 3.13. The fourth-order valence-electron chi connectivity index (χ4n) is 2.26. The lowest BCUT2D eigenvalue weighted by Crippen LogP contribution is -2.38. The molecule has 4 heteroatoms. The summed E-state index contributed by atoms with van der Waals surface area (Å²) in [7, 11) is 0. The molecular formula is C13H14ClFO2. The van der Waals surface area contributed by atoms with Crippen LogP contribution in [0.5, 0.6) is 0 Å². The highest BCUT2D eigenvalue weighted by Crippen LogP contribution is 2.49. The van der Waals surface area contributed by atoms with Crippen molar-refractivity contribution >= 4 is 17.6 Å². The number of rotatable bonds is 4. The monoisotopic (exact) mass is 256 g/mol. The molecule has 2 nitrogen and oxygen atoms in total. The minimum absolute atomic E-state index is 0.127. The van der Waals surface area contributed by atoms with E-state index in [0.29, 0.717) is 10.6 Å². The molecule has 1 aromatic carbocycles. The zero-order chi connectivity index (χ0) is 12.6. The van der Waals surface area contributed by atoms with Crippen LogP contribution in [0.25, 0.3) is 0 Å². The molecule has 0 aliphatic heterocycles. The summed E-state index contributed by atoms with van der Waals surface area (Å²) in [5.41, 5.74) is -1.51. The van der Waals surface area contributed by atoms with E-state index >= 15 is 0 Å². The first kappa shape index (κ1) is 12.4. The number of alkyl halides is 1. The summed E-state index contributed by atoms with van der Waals surface area (Å²) in [4.78, 5) is 11.0. The number of carbonyl (C=O) groups is 1. The molecule has 92 valence electrons. The summed E-state index contributed by atoms with van der Waals surface area (Å²) in [6, 6.07) is 6.77.